The molecule has 0 aliphatic rings. The fourth-order valence-corrected chi connectivity index (χ4v) is 0.916. The SMILES string of the molecule is C=C/C(=C/CC)C(C)(C)C. The summed E-state index contributed by atoms with van der Waals surface area (Å²) >= 11 is 0. The topological polar surface area (TPSA) is 0 Å². The van der Waals surface area contributed by atoms with Crippen molar-refractivity contribution in [1.29, 1.82) is 0 Å². The van der Waals surface area contributed by atoms with Gasteiger partial charge in [0.15, 0.2) is 0 Å². The van der Waals surface area contributed by atoms with Gasteiger partial charge in [-0.2, -0.15) is 0 Å². The van der Waals surface area contributed by atoms with Crippen LogP contribution in [0.15, 0.2) is 24.3 Å². The van der Waals surface area contributed by atoms with E-state index in [1.807, 2.05) is 6.08 Å². The van der Waals surface area contributed by atoms with E-state index in [1.165, 1.54) is 5.57 Å². The minimum atomic E-state index is 0.262. The van der Waals surface area contributed by atoms with Crippen LogP contribution < -0.4 is 0 Å². The highest BCUT2D eigenvalue weighted by molar-refractivity contribution is 5.22. The summed E-state index contributed by atoms with van der Waals surface area (Å²) in [7, 11) is 0. The molecule has 10 heavy (non-hydrogen) atoms. The first-order chi connectivity index (χ1) is 4.52. The molecule has 0 aromatic carbocycles. The summed E-state index contributed by atoms with van der Waals surface area (Å²) in [6.45, 7) is 12.5. The second kappa shape index (κ2) is 3.60. The number of hydrogen-bond donors (Lipinski definition) is 0. The summed E-state index contributed by atoms with van der Waals surface area (Å²) in [5.74, 6) is 0. The third-order valence-electron chi connectivity index (χ3n) is 1.51. The molecule has 0 aromatic heterocycles. The predicted molar refractivity (Wildman–Crippen MR) is 48.0 cm³/mol. The molecule has 0 rings (SSSR count). The Labute approximate surface area is 64.6 Å². The second-order valence-electron chi connectivity index (χ2n) is 3.52. The maximum atomic E-state index is 3.78. The summed E-state index contributed by atoms with van der Waals surface area (Å²) in [4.78, 5) is 0. The first-order valence-corrected chi connectivity index (χ1v) is 3.85. The molecule has 0 atom stereocenters. The lowest BCUT2D eigenvalue weighted by molar-refractivity contribution is 0.515. The molecule has 0 amide bonds. The largest absolute Gasteiger partial charge is 0.0988 e. The van der Waals surface area contributed by atoms with Crippen LogP contribution in [0.4, 0.5) is 0 Å². The Morgan fingerprint density at radius 1 is 1.40 bits per heavy atom. The van der Waals surface area contributed by atoms with E-state index in [-0.39, 0.29) is 5.41 Å². The number of hydrogen-bond acceptors (Lipinski definition) is 0. The van der Waals surface area contributed by atoms with Crippen molar-refractivity contribution in [1.82, 2.24) is 0 Å². The van der Waals surface area contributed by atoms with Gasteiger partial charge in [0.25, 0.3) is 0 Å². The van der Waals surface area contributed by atoms with E-state index in [2.05, 4.69) is 40.3 Å². The average Bonchev–Trinajstić information content (AvgIpc) is 1.80. The highest BCUT2D eigenvalue weighted by Crippen LogP contribution is 2.25. The van der Waals surface area contributed by atoms with Crippen LogP contribution in [0.5, 0.6) is 0 Å². The van der Waals surface area contributed by atoms with Crippen molar-refractivity contribution in [2.75, 3.05) is 0 Å². The molecular weight excluding hydrogens is 120 g/mol. The van der Waals surface area contributed by atoms with E-state index in [4.69, 9.17) is 0 Å². The predicted octanol–water partition coefficient (Wildman–Crippen LogP) is 3.55. The fraction of sp³-hybridized carbons (Fsp3) is 0.600. The van der Waals surface area contributed by atoms with Gasteiger partial charge in [-0.1, -0.05) is 46.4 Å². The highest BCUT2D eigenvalue weighted by atomic mass is 14.2. The van der Waals surface area contributed by atoms with Crippen molar-refractivity contribution < 1.29 is 0 Å². The van der Waals surface area contributed by atoms with Crippen LogP contribution in [0.2, 0.25) is 0 Å². The van der Waals surface area contributed by atoms with Crippen LogP contribution in [0, 0.1) is 5.41 Å². The molecule has 0 heteroatoms. The van der Waals surface area contributed by atoms with E-state index in [1.54, 1.807) is 0 Å². The Kier molecular flexibility index (Phi) is 3.41. The molecule has 0 radical (unpaired) electrons. The summed E-state index contributed by atoms with van der Waals surface area (Å²) in [6.07, 6.45) is 5.27. The van der Waals surface area contributed by atoms with Crippen molar-refractivity contribution in [3.05, 3.63) is 24.3 Å². The van der Waals surface area contributed by atoms with Gasteiger partial charge in [-0.15, -0.1) is 0 Å². The first kappa shape index (κ1) is 9.48. The Morgan fingerprint density at radius 2 is 1.90 bits per heavy atom. The van der Waals surface area contributed by atoms with Crippen LogP contribution in [-0.4, -0.2) is 0 Å². The molecule has 58 valence electrons. The zero-order chi connectivity index (χ0) is 8.20. The summed E-state index contributed by atoms with van der Waals surface area (Å²) in [6, 6.07) is 0. The Balaban J connectivity index is 4.36. The van der Waals surface area contributed by atoms with E-state index in [9.17, 15) is 0 Å². The molecule has 0 N–H and O–H groups in total. The van der Waals surface area contributed by atoms with Crippen molar-refractivity contribution >= 4 is 0 Å². The lowest BCUT2D eigenvalue weighted by Gasteiger charge is -2.19. The minimum Gasteiger partial charge on any atom is -0.0988 e. The van der Waals surface area contributed by atoms with Gasteiger partial charge in [-0.3, -0.25) is 0 Å². The Bertz CT molecular complexity index is 133. The zero-order valence-electron chi connectivity index (χ0n) is 7.57. The van der Waals surface area contributed by atoms with E-state index >= 15 is 0 Å². The standard InChI is InChI=1S/C10H18/c1-6-8-9(7-2)10(3,4)5/h7-8H,2,6H2,1,3-5H3/b9-8-. The molecule has 0 saturated carbocycles. The van der Waals surface area contributed by atoms with Crippen LogP contribution in [-0.2, 0) is 0 Å². The van der Waals surface area contributed by atoms with Gasteiger partial charge < -0.3 is 0 Å². The van der Waals surface area contributed by atoms with Crippen LogP contribution in [0.25, 0.3) is 0 Å². The van der Waals surface area contributed by atoms with Gasteiger partial charge >= 0.3 is 0 Å². The van der Waals surface area contributed by atoms with Crippen molar-refractivity contribution in [2.45, 2.75) is 34.1 Å². The number of allylic oxidation sites excluding steroid dienone is 3. The normalized spacial score (nSPS) is 13.4. The van der Waals surface area contributed by atoms with Crippen molar-refractivity contribution in [2.24, 2.45) is 5.41 Å². The van der Waals surface area contributed by atoms with Gasteiger partial charge in [0.1, 0.15) is 0 Å². The smallest absolute Gasteiger partial charge is 0.0135 e. The fourth-order valence-electron chi connectivity index (χ4n) is 0.916. The van der Waals surface area contributed by atoms with Crippen molar-refractivity contribution in [3.8, 4) is 0 Å². The maximum Gasteiger partial charge on any atom is -0.0135 e. The van der Waals surface area contributed by atoms with Gasteiger partial charge in [0, 0.05) is 0 Å². The van der Waals surface area contributed by atoms with Gasteiger partial charge in [-0.25, -0.2) is 0 Å². The molecule has 0 bridgehead atoms. The summed E-state index contributed by atoms with van der Waals surface area (Å²) < 4.78 is 0. The molecule has 0 nitrogen and oxygen atoms in total. The van der Waals surface area contributed by atoms with Gasteiger partial charge in [0.2, 0.25) is 0 Å². The molecular formula is C10H18. The van der Waals surface area contributed by atoms with E-state index in [0.29, 0.717) is 0 Å². The molecule has 0 spiro atoms. The third-order valence-corrected chi connectivity index (χ3v) is 1.51. The molecule has 0 aromatic rings. The summed E-state index contributed by atoms with van der Waals surface area (Å²) in [5.41, 5.74) is 1.60. The third kappa shape index (κ3) is 2.86. The second-order valence-corrected chi connectivity index (χ2v) is 3.52. The van der Waals surface area contributed by atoms with Crippen LogP contribution in [0.1, 0.15) is 34.1 Å². The van der Waals surface area contributed by atoms with Crippen LogP contribution >= 0.6 is 0 Å². The minimum absolute atomic E-state index is 0.262. The molecule has 0 saturated heterocycles. The molecule has 0 fully saturated rings. The first-order valence-electron chi connectivity index (χ1n) is 3.85. The van der Waals surface area contributed by atoms with E-state index in [0.717, 1.165) is 6.42 Å². The van der Waals surface area contributed by atoms with Gasteiger partial charge in [-0.05, 0) is 17.4 Å². The maximum absolute atomic E-state index is 3.78. The van der Waals surface area contributed by atoms with E-state index < -0.39 is 0 Å². The van der Waals surface area contributed by atoms with Gasteiger partial charge in [0.05, 0.1) is 0 Å². The monoisotopic (exact) mass is 138 g/mol. The quantitative estimate of drug-likeness (QED) is 0.512. The lowest BCUT2D eigenvalue weighted by Crippen LogP contribution is -2.06. The zero-order valence-corrected chi connectivity index (χ0v) is 7.57. The summed E-state index contributed by atoms with van der Waals surface area (Å²) in [5, 5.41) is 0. The average molecular weight is 138 g/mol. The molecule has 0 unspecified atom stereocenters. The van der Waals surface area contributed by atoms with Crippen molar-refractivity contribution in [3.63, 3.8) is 0 Å². The molecule has 0 aliphatic carbocycles. The number of rotatable bonds is 2. The molecule has 0 heterocycles. The highest BCUT2D eigenvalue weighted by Gasteiger charge is 2.12. The van der Waals surface area contributed by atoms with Crippen LogP contribution in [0.3, 0.4) is 0 Å². The Hall–Kier alpha value is -0.520. The molecule has 0 aliphatic heterocycles. The Morgan fingerprint density at radius 3 is 2.00 bits per heavy atom. The lowest BCUT2D eigenvalue weighted by atomic mass is 9.86.